The molecule has 1 aromatic rings. The Kier molecular flexibility index (Phi) is 3.19. The summed E-state index contributed by atoms with van der Waals surface area (Å²) in [5.41, 5.74) is 6.77. The van der Waals surface area contributed by atoms with Crippen LogP contribution in [0.1, 0.15) is 37.8 Å². The summed E-state index contributed by atoms with van der Waals surface area (Å²) >= 11 is 0. The summed E-state index contributed by atoms with van der Waals surface area (Å²) < 4.78 is 2.19. The van der Waals surface area contributed by atoms with Crippen LogP contribution in [0.5, 0.6) is 0 Å². The molecule has 78 valence electrons. The van der Waals surface area contributed by atoms with Crippen molar-refractivity contribution in [2.45, 2.75) is 45.2 Å². The van der Waals surface area contributed by atoms with Gasteiger partial charge in [0.1, 0.15) is 0 Å². The van der Waals surface area contributed by atoms with E-state index in [4.69, 9.17) is 5.73 Å². The molecule has 0 radical (unpaired) electrons. The number of hydrogen-bond donors (Lipinski definition) is 1. The number of aryl methyl sites for hydroxylation is 1. The number of nitrogens with two attached hydrogens (primary N) is 1. The number of aromatic nitrogens is 2. The molecule has 0 spiro atoms. The van der Waals surface area contributed by atoms with Gasteiger partial charge in [0.15, 0.2) is 0 Å². The summed E-state index contributed by atoms with van der Waals surface area (Å²) in [5, 5.41) is 0. The average molecular weight is 193 g/mol. The topological polar surface area (TPSA) is 43.8 Å². The highest BCUT2D eigenvalue weighted by Crippen LogP contribution is 2.27. The van der Waals surface area contributed by atoms with Gasteiger partial charge >= 0.3 is 0 Å². The highest BCUT2D eigenvalue weighted by Gasteiger charge is 2.14. The number of imidazole rings is 1. The minimum Gasteiger partial charge on any atom is -0.333 e. The number of rotatable bonds is 4. The predicted octanol–water partition coefficient (Wildman–Crippen LogP) is 1.92. The lowest BCUT2D eigenvalue weighted by Gasteiger charge is -2.10. The van der Waals surface area contributed by atoms with Gasteiger partial charge in [-0.1, -0.05) is 25.7 Å². The standard InChI is InChI=1S/C11H19N3/c12-7-11-8-13-9-14(11)6-5-10-3-1-2-4-10/h8-10H,1-7,12H2. The van der Waals surface area contributed by atoms with E-state index in [9.17, 15) is 0 Å². The smallest absolute Gasteiger partial charge is 0.0948 e. The lowest BCUT2D eigenvalue weighted by molar-refractivity contribution is 0.453. The summed E-state index contributed by atoms with van der Waals surface area (Å²) in [7, 11) is 0. The first-order chi connectivity index (χ1) is 6.90. The Labute approximate surface area is 85.3 Å². The van der Waals surface area contributed by atoms with Crippen molar-refractivity contribution in [2.75, 3.05) is 0 Å². The van der Waals surface area contributed by atoms with E-state index < -0.39 is 0 Å². The van der Waals surface area contributed by atoms with Crippen molar-refractivity contribution < 1.29 is 0 Å². The van der Waals surface area contributed by atoms with Crippen molar-refractivity contribution in [3.8, 4) is 0 Å². The maximum Gasteiger partial charge on any atom is 0.0948 e. The maximum atomic E-state index is 5.62. The quantitative estimate of drug-likeness (QED) is 0.794. The maximum absolute atomic E-state index is 5.62. The second kappa shape index (κ2) is 4.60. The van der Waals surface area contributed by atoms with Gasteiger partial charge in [-0.15, -0.1) is 0 Å². The molecule has 0 atom stereocenters. The van der Waals surface area contributed by atoms with Gasteiger partial charge in [-0.2, -0.15) is 0 Å². The third-order valence-corrected chi connectivity index (χ3v) is 3.26. The van der Waals surface area contributed by atoms with Gasteiger partial charge in [-0.25, -0.2) is 4.98 Å². The van der Waals surface area contributed by atoms with E-state index in [2.05, 4.69) is 9.55 Å². The third kappa shape index (κ3) is 2.15. The van der Waals surface area contributed by atoms with Crippen LogP contribution >= 0.6 is 0 Å². The van der Waals surface area contributed by atoms with E-state index in [0.717, 1.165) is 18.2 Å². The Hall–Kier alpha value is -0.830. The molecule has 1 heterocycles. The van der Waals surface area contributed by atoms with Gasteiger partial charge in [-0.3, -0.25) is 0 Å². The average Bonchev–Trinajstić information content (AvgIpc) is 2.85. The highest BCUT2D eigenvalue weighted by atomic mass is 15.0. The summed E-state index contributed by atoms with van der Waals surface area (Å²) in [4.78, 5) is 4.12. The monoisotopic (exact) mass is 193 g/mol. The summed E-state index contributed by atoms with van der Waals surface area (Å²) in [6, 6.07) is 0. The van der Waals surface area contributed by atoms with Gasteiger partial charge in [-0.05, 0) is 12.3 Å². The Morgan fingerprint density at radius 1 is 1.43 bits per heavy atom. The molecule has 0 bridgehead atoms. The molecular formula is C11H19N3. The minimum atomic E-state index is 0.602. The van der Waals surface area contributed by atoms with E-state index in [0.29, 0.717) is 6.54 Å². The van der Waals surface area contributed by atoms with Crippen LogP contribution in [0.25, 0.3) is 0 Å². The molecule has 1 aliphatic carbocycles. The van der Waals surface area contributed by atoms with Crippen LogP contribution in [0.4, 0.5) is 0 Å². The van der Waals surface area contributed by atoms with Crippen molar-refractivity contribution in [1.82, 2.24) is 9.55 Å². The van der Waals surface area contributed by atoms with Gasteiger partial charge in [0.2, 0.25) is 0 Å². The zero-order valence-electron chi connectivity index (χ0n) is 8.65. The van der Waals surface area contributed by atoms with Crippen LogP contribution in [0.3, 0.4) is 0 Å². The molecule has 1 saturated carbocycles. The lowest BCUT2D eigenvalue weighted by atomic mass is 10.0. The van der Waals surface area contributed by atoms with E-state index in [1.165, 1.54) is 32.1 Å². The highest BCUT2D eigenvalue weighted by molar-refractivity contribution is 4.97. The molecule has 2 rings (SSSR count). The third-order valence-electron chi connectivity index (χ3n) is 3.26. The van der Waals surface area contributed by atoms with Crippen molar-refractivity contribution >= 4 is 0 Å². The zero-order chi connectivity index (χ0) is 9.80. The van der Waals surface area contributed by atoms with Gasteiger partial charge < -0.3 is 10.3 Å². The molecule has 0 aromatic carbocycles. The lowest BCUT2D eigenvalue weighted by Crippen LogP contribution is -2.08. The number of hydrogen-bond acceptors (Lipinski definition) is 2. The van der Waals surface area contributed by atoms with Crippen LogP contribution in [0.15, 0.2) is 12.5 Å². The normalized spacial score (nSPS) is 17.8. The van der Waals surface area contributed by atoms with Gasteiger partial charge in [0.05, 0.1) is 12.0 Å². The van der Waals surface area contributed by atoms with E-state index in [1.54, 1.807) is 0 Å². The molecular weight excluding hydrogens is 174 g/mol. The van der Waals surface area contributed by atoms with Gasteiger partial charge in [0.25, 0.3) is 0 Å². The van der Waals surface area contributed by atoms with Crippen LogP contribution in [0, 0.1) is 5.92 Å². The van der Waals surface area contributed by atoms with Crippen LogP contribution in [0.2, 0.25) is 0 Å². The molecule has 14 heavy (non-hydrogen) atoms. The van der Waals surface area contributed by atoms with Crippen molar-refractivity contribution in [1.29, 1.82) is 0 Å². The molecule has 1 aliphatic rings. The fraction of sp³-hybridized carbons (Fsp3) is 0.727. The Balaban J connectivity index is 1.84. The van der Waals surface area contributed by atoms with Crippen molar-refractivity contribution in [3.63, 3.8) is 0 Å². The largest absolute Gasteiger partial charge is 0.333 e. The first-order valence-electron chi connectivity index (χ1n) is 5.59. The first-order valence-corrected chi connectivity index (χ1v) is 5.59. The van der Waals surface area contributed by atoms with Crippen LogP contribution in [-0.4, -0.2) is 9.55 Å². The second-order valence-electron chi connectivity index (χ2n) is 4.22. The molecule has 2 N–H and O–H groups in total. The SMILES string of the molecule is NCc1cncn1CCC1CCCC1. The molecule has 0 unspecified atom stereocenters. The summed E-state index contributed by atoms with van der Waals surface area (Å²) in [6.07, 6.45) is 10.8. The van der Waals surface area contributed by atoms with Crippen molar-refractivity contribution in [3.05, 3.63) is 18.2 Å². The summed E-state index contributed by atoms with van der Waals surface area (Å²) in [6.45, 7) is 1.70. The van der Waals surface area contributed by atoms with E-state index in [1.807, 2.05) is 12.5 Å². The molecule has 0 saturated heterocycles. The fourth-order valence-corrected chi connectivity index (χ4v) is 2.34. The van der Waals surface area contributed by atoms with Crippen molar-refractivity contribution in [2.24, 2.45) is 11.7 Å². The molecule has 1 aromatic heterocycles. The molecule has 0 amide bonds. The summed E-state index contributed by atoms with van der Waals surface area (Å²) in [5.74, 6) is 0.947. The Morgan fingerprint density at radius 2 is 2.21 bits per heavy atom. The zero-order valence-corrected chi connectivity index (χ0v) is 8.65. The predicted molar refractivity (Wildman–Crippen MR) is 56.7 cm³/mol. The second-order valence-corrected chi connectivity index (χ2v) is 4.22. The minimum absolute atomic E-state index is 0.602. The Bertz CT molecular complexity index is 274. The van der Waals surface area contributed by atoms with Gasteiger partial charge in [0, 0.05) is 19.3 Å². The van der Waals surface area contributed by atoms with E-state index >= 15 is 0 Å². The molecule has 1 fully saturated rings. The van der Waals surface area contributed by atoms with Crippen LogP contribution < -0.4 is 5.73 Å². The molecule has 3 nitrogen and oxygen atoms in total. The van der Waals surface area contributed by atoms with E-state index in [-0.39, 0.29) is 0 Å². The fourth-order valence-electron chi connectivity index (χ4n) is 2.34. The Morgan fingerprint density at radius 3 is 2.93 bits per heavy atom. The first kappa shape index (κ1) is 9.71. The number of nitrogens with zero attached hydrogens (tertiary/aromatic N) is 2. The molecule has 0 aliphatic heterocycles. The van der Waals surface area contributed by atoms with Crippen LogP contribution in [-0.2, 0) is 13.1 Å². The molecule has 3 heteroatoms.